The molecule has 2 amide bonds. The molecule has 0 aliphatic heterocycles. The van der Waals surface area contributed by atoms with Crippen LogP contribution in [0.1, 0.15) is 27.7 Å². The number of ether oxygens (including phenoxy) is 3. The van der Waals surface area contributed by atoms with Gasteiger partial charge in [0.2, 0.25) is 15.9 Å². The van der Waals surface area contributed by atoms with E-state index in [1.165, 1.54) is 51.5 Å². The minimum Gasteiger partial charge on any atom is -0.497 e. The number of sulfonamides is 1. The molecular formula is C22H29N3O7S. The van der Waals surface area contributed by atoms with Crippen LogP contribution in [0.5, 0.6) is 11.5 Å². The summed E-state index contributed by atoms with van der Waals surface area (Å²) in [7, 11) is -1.03. The van der Waals surface area contributed by atoms with Gasteiger partial charge in [0.25, 0.3) is 0 Å². The van der Waals surface area contributed by atoms with Crippen molar-refractivity contribution in [3.8, 4) is 11.5 Å². The van der Waals surface area contributed by atoms with Crippen LogP contribution in [0.4, 0.5) is 16.2 Å². The van der Waals surface area contributed by atoms with Gasteiger partial charge in [-0.25, -0.2) is 13.2 Å². The second kappa shape index (κ2) is 10.5. The minimum atomic E-state index is -3.93. The molecule has 0 aliphatic carbocycles. The Hall–Kier alpha value is -3.31. The second-order valence-corrected chi connectivity index (χ2v) is 9.76. The molecule has 0 saturated heterocycles. The lowest BCUT2D eigenvalue weighted by Crippen LogP contribution is -2.41. The summed E-state index contributed by atoms with van der Waals surface area (Å²) < 4.78 is 42.9. The third-order valence-electron chi connectivity index (χ3n) is 4.20. The summed E-state index contributed by atoms with van der Waals surface area (Å²) in [6.45, 7) is 6.61. The number of nitrogens with one attached hydrogen (secondary N) is 3. The van der Waals surface area contributed by atoms with Crippen LogP contribution in [-0.2, 0) is 19.6 Å². The molecule has 2 aromatic rings. The van der Waals surface area contributed by atoms with Crippen molar-refractivity contribution in [1.29, 1.82) is 0 Å². The summed E-state index contributed by atoms with van der Waals surface area (Å²) in [6.07, 6.45) is -0.690. The summed E-state index contributed by atoms with van der Waals surface area (Å²) in [6, 6.07) is 9.28. The Bertz CT molecular complexity index is 1090. The molecule has 0 unspecified atom stereocenters. The van der Waals surface area contributed by atoms with Crippen LogP contribution in [0.15, 0.2) is 47.4 Å². The monoisotopic (exact) mass is 479 g/mol. The fraction of sp³-hybridized carbons (Fsp3) is 0.364. The lowest BCUT2D eigenvalue weighted by molar-refractivity contribution is -0.117. The predicted molar refractivity (Wildman–Crippen MR) is 124 cm³/mol. The van der Waals surface area contributed by atoms with Gasteiger partial charge in [-0.1, -0.05) is 0 Å². The van der Waals surface area contributed by atoms with Crippen molar-refractivity contribution in [2.45, 2.75) is 44.2 Å². The van der Waals surface area contributed by atoms with Crippen molar-refractivity contribution in [3.63, 3.8) is 0 Å². The second-order valence-electron chi connectivity index (χ2n) is 8.05. The summed E-state index contributed by atoms with van der Waals surface area (Å²) in [4.78, 5) is 24.7. The molecule has 10 nitrogen and oxygen atoms in total. The normalized spacial score (nSPS) is 12.4. The summed E-state index contributed by atoms with van der Waals surface area (Å²) in [5, 5.41) is 5.18. The lowest BCUT2D eigenvalue weighted by Gasteiger charge is -2.20. The van der Waals surface area contributed by atoms with E-state index in [1.54, 1.807) is 32.9 Å². The topological polar surface area (TPSA) is 132 Å². The van der Waals surface area contributed by atoms with Crippen LogP contribution in [0.25, 0.3) is 0 Å². The molecule has 0 aromatic heterocycles. The Kier molecular flexibility index (Phi) is 8.29. The van der Waals surface area contributed by atoms with Gasteiger partial charge in [-0.2, -0.15) is 4.72 Å². The summed E-state index contributed by atoms with van der Waals surface area (Å²) >= 11 is 0. The van der Waals surface area contributed by atoms with Crippen LogP contribution in [-0.4, -0.2) is 46.3 Å². The van der Waals surface area contributed by atoms with E-state index in [4.69, 9.17) is 14.2 Å². The van der Waals surface area contributed by atoms with Crippen LogP contribution in [0, 0.1) is 0 Å². The number of hydrogen-bond donors (Lipinski definition) is 3. The number of rotatable bonds is 8. The number of carbonyl (C=O) groups is 2. The maximum absolute atomic E-state index is 12.6. The Morgan fingerprint density at radius 1 is 0.939 bits per heavy atom. The lowest BCUT2D eigenvalue weighted by atomic mass is 10.2. The number of carbonyl (C=O) groups excluding carboxylic acids is 2. The molecule has 0 saturated carbocycles. The van der Waals surface area contributed by atoms with Gasteiger partial charge in [0.05, 0.1) is 30.8 Å². The van der Waals surface area contributed by atoms with Gasteiger partial charge < -0.3 is 19.5 Å². The molecule has 0 bridgehead atoms. The van der Waals surface area contributed by atoms with Crippen LogP contribution >= 0.6 is 0 Å². The van der Waals surface area contributed by atoms with E-state index in [1.807, 2.05) is 0 Å². The Labute approximate surface area is 193 Å². The van der Waals surface area contributed by atoms with E-state index < -0.39 is 33.7 Å². The van der Waals surface area contributed by atoms with Crippen LogP contribution in [0.2, 0.25) is 0 Å². The average molecular weight is 480 g/mol. The number of hydrogen-bond acceptors (Lipinski definition) is 7. The van der Waals surface area contributed by atoms with E-state index in [0.29, 0.717) is 17.2 Å². The first kappa shape index (κ1) is 25.9. The number of amides is 2. The van der Waals surface area contributed by atoms with E-state index >= 15 is 0 Å². The Morgan fingerprint density at radius 3 is 2.12 bits per heavy atom. The van der Waals surface area contributed by atoms with Crippen molar-refractivity contribution in [1.82, 2.24) is 4.72 Å². The summed E-state index contributed by atoms with van der Waals surface area (Å²) in [5.74, 6) is 0.266. The predicted octanol–water partition coefficient (Wildman–Crippen LogP) is 3.36. The van der Waals surface area contributed by atoms with E-state index in [2.05, 4.69) is 15.4 Å². The zero-order chi connectivity index (χ0) is 24.8. The fourth-order valence-corrected chi connectivity index (χ4v) is 3.86. The molecule has 33 heavy (non-hydrogen) atoms. The average Bonchev–Trinajstić information content (AvgIpc) is 2.72. The van der Waals surface area contributed by atoms with Gasteiger partial charge >= 0.3 is 6.09 Å². The fourth-order valence-electron chi connectivity index (χ4n) is 2.66. The molecule has 0 aliphatic rings. The molecular weight excluding hydrogens is 450 g/mol. The molecule has 3 N–H and O–H groups in total. The van der Waals surface area contributed by atoms with Crippen molar-refractivity contribution >= 4 is 33.4 Å². The van der Waals surface area contributed by atoms with Crippen molar-refractivity contribution < 1.29 is 32.2 Å². The van der Waals surface area contributed by atoms with Crippen LogP contribution < -0.4 is 24.8 Å². The van der Waals surface area contributed by atoms with Gasteiger partial charge in [0.1, 0.15) is 17.1 Å². The molecule has 1 atom stereocenters. The van der Waals surface area contributed by atoms with E-state index in [9.17, 15) is 18.0 Å². The highest BCUT2D eigenvalue weighted by molar-refractivity contribution is 7.89. The van der Waals surface area contributed by atoms with E-state index in [0.717, 1.165) is 0 Å². The van der Waals surface area contributed by atoms with Gasteiger partial charge in [0, 0.05) is 5.69 Å². The Morgan fingerprint density at radius 2 is 1.58 bits per heavy atom. The first-order valence-electron chi connectivity index (χ1n) is 10.00. The molecule has 0 spiro atoms. The molecule has 11 heteroatoms. The maximum atomic E-state index is 12.6. The summed E-state index contributed by atoms with van der Waals surface area (Å²) in [5.41, 5.74) is -0.0991. The van der Waals surface area contributed by atoms with Crippen molar-refractivity contribution in [2.24, 2.45) is 0 Å². The molecule has 2 aromatic carbocycles. The van der Waals surface area contributed by atoms with Gasteiger partial charge in [0.15, 0.2) is 0 Å². The number of methoxy groups -OCH3 is 2. The maximum Gasteiger partial charge on any atom is 0.412 e. The van der Waals surface area contributed by atoms with Crippen molar-refractivity contribution in [3.05, 3.63) is 42.5 Å². The molecule has 0 radical (unpaired) electrons. The largest absolute Gasteiger partial charge is 0.497 e. The quantitative estimate of drug-likeness (QED) is 0.529. The third-order valence-corrected chi connectivity index (χ3v) is 5.75. The van der Waals surface area contributed by atoms with Gasteiger partial charge in [-0.3, -0.25) is 10.1 Å². The molecule has 2 rings (SSSR count). The minimum absolute atomic E-state index is 0.00348. The van der Waals surface area contributed by atoms with Crippen molar-refractivity contribution in [2.75, 3.05) is 24.9 Å². The molecule has 0 fully saturated rings. The highest BCUT2D eigenvalue weighted by Gasteiger charge is 2.23. The molecule has 0 heterocycles. The van der Waals surface area contributed by atoms with Crippen LogP contribution in [0.3, 0.4) is 0 Å². The Balaban J connectivity index is 2.10. The van der Waals surface area contributed by atoms with Gasteiger partial charge in [-0.15, -0.1) is 0 Å². The smallest absolute Gasteiger partial charge is 0.412 e. The van der Waals surface area contributed by atoms with Gasteiger partial charge in [-0.05, 0) is 70.2 Å². The standard InChI is InChI=1S/C22H29N3O7S/c1-14(25-33(28,29)17-10-8-16(30-5)9-11-17)20(26)23-15-7-12-19(31-6)18(13-15)24-21(27)32-22(2,3)4/h7-14,25H,1-6H3,(H,23,26)(H,24,27)/t14-/m0/s1. The first-order valence-corrected chi connectivity index (χ1v) is 11.5. The zero-order valence-electron chi connectivity index (χ0n) is 19.4. The van der Waals surface area contributed by atoms with E-state index in [-0.39, 0.29) is 10.6 Å². The third kappa shape index (κ3) is 7.65. The first-order chi connectivity index (χ1) is 15.3. The highest BCUT2D eigenvalue weighted by atomic mass is 32.2. The SMILES string of the molecule is COc1ccc(S(=O)(=O)N[C@@H](C)C(=O)Nc2ccc(OC)c(NC(=O)OC(C)(C)C)c2)cc1. The number of benzene rings is 2. The highest BCUT2D eigenvalue weighted by Crippen LogP contribution is 2.28. The molecule has 180 valence electrons. The number of anilines is 2. The zero-order valence-corrected chi connectivity index (χ0v) is 20.2.